The average molecular weight is 270 g/mol. The zero-order valence-electron chi connectivity index (χ0n) is 12.4. The summed E-state index contributed by atoms with van der Waals surface area (Å²) < 4.78 is 0. The molecule has 0 saturated carbocycles. The van der Waals surface area contributed by atoms with Gasteiger partial charge in [0.1, 0.15) is 0 Å². The van der Waals surface area contributed by atoms with Gasteiger partial charge < -0.3 is 10.6 Å². The van der Waals surface area contributed by atoms with Crippen LogP contribution in [0.3, 0.4) is 0 Å². The van der Waals surface area contributed by atoms with Crippen LogP contribution in [0.25, 0.3) is 0 Å². The van der Waals surface area contributed by atoms with Crippen molar-refractivity contribution in [2.24, 2.45) is 5.73 Å². The van der Waals surface area contributed by atoms with E-state index in [0.29, 0.717) is 6.54 Å². The van der Waals surface area contributed by atoms with Gasteiger partial charge in [0.05, 0.1) is 17.6 Å². The second kappa shape index (κ2) is 6.48. The van der Waals surface area contributed by atoms with Gasteiger partial charge in [0.15, 0.2) is 5.82 Å². The van der Waals surface area contributed by atoms with Crippen LogP contribution in [0.1, 0.15) is 23.4 Å². The van der Waals surface area contributed by atoms with E-state index in [1.807, 2.05) is 20.0 Å². The summed E-state index contributed by atoms with van der Waals surface area (Å²) in [4.78, 5) is 11.2. The number of benzene rings is 1. The number of rotatable bonds is 5. The predicted molar refractivity (Wildman–Crippen MR) is 83.4 cm³/mol. The fraction of sp³-hybridized carbons (Fsp3) is 0.375. The van der Waals surface area contributed by atoms with Crippen LogP contribution in [-0.4, -0.2) is 23.1 Å². The van der Waals surface area contributed by atoms with E-state index in [2.05, 4.69) is 46.1 Å². The van der Waals surface area contributed by atoms with Crippen LogP contribution < -0.4 is 10.6 Å². The van der Waals surface area contributed by atoms with Gasteiger partial charge in [-0.2, -0.15) is 0 Å². The van der Waals surface area contributed by atoms with Crippen LogP contribution in [0.4, 0.5) is 11.5 Å². The summed E-state index contributed by atoms with van der Waals surface area (Å²) in [5.74, 6) is 0.880. The van der Waals surface area contributed by atoms with Crippen molar-refractivity contribution in [2.45, 2.75) is 27.2 Å². The van der Waals surface area contributed by atoms with E-state index >= 15 is 0 Å². The lowest BCUT2D eigenvalue weighted by Crippen LogP contribution is -2.22. The van der Waals surface area contributed by atoms with Crippen LogP contribution in [0.5, 0.6) is 0 Å². The van der Waals surface area contributed by atoms with Crippen molar-refractivity contribution in [3.63, 3.8) is 0 Å². The van der Waals surface area contributed by atoms with Gasteiger partial charge in [-0.05, 0) is 45.9 Å². The van der Waals surface area contributed by atoms with Crippen LogP contribution >= 0.6 is 0 Å². The third-order valence-corrected chi connectivity index (χ3v) is 3.39. The number of aryl methyl sites for hydroxylation is 3. The average Bonchev–Trinajstić information content (AvgIpc) is 2.45. The van der Waals surface area contributed by atoms with Crippen LogP contribution in [0, 0.1) is 20.8 Å². The maximum absolute atomic E-state index is 5.65. The molecule has 106 valence electrons. The fourth-order valence-electron chi connectivity index (χ4n) is 2.01. The van der Waals surface area contributed by atoms with Crippen molar-refractivity contribution < 1.29 is 0 Å². The smallest absolute Gasteiger partial charge is 0.151 e. The minimum absolute atomic E-state index is 0.667. The Kier molecular flexibility index (Phi) is 4.69. The first-order valence-corrected chi connectivity index (χ1v) is 6.96. The Labute approximate surface area is 120 Å². The molecular formula is C16H22N4. The monoisotopic (exact) mass is 270 g/mol. The van der Waals surface area contributed by atoms with Crippen molar-refractivity contribution in [1.29, 1.82) is 0 Å². The summed E-state index contributed by atoms with van der Waals surface area (Å²) in [6.07, 6.45) is 2.75. The lowest BCUT2D eigenvalue weighted by molar-refractivity contribution is 0.804. The number of hydrogen-bond donors (Lipinski definition) is 1. The first kappa shape index (κ1) is 14.5. The topological polar surface area (TPSA) is 55.0 Å². The molecule has 0 spiro atoms. The van der Waals surface area contributed by atoms with Gasteiger partial charge in [0.25, 0.3) is 0 Å². The molecule has 1 heterocycles. The third kappa shape index (κ3) is 3.33. The van der Waals surface area contributed by atoms with E-state index in [9.17, 15) is 0 Å². The van der Waals surface area contributed by atoms with E-state index in [1.54, 1.807) is 0 Å². The van der Waals surface area contributed by atoms with Crippen molar-refractivity contribution in [3.05, 3.63) is 47.4 Å². The molecule has 0 amide bonds. The molecule has 0 atom stereocenters. The first-order chi connectivity index (χ1) is 9.61. The van der Waals surface area contributed by atoms with Crippen LogP contribution in [0.15, 0.2) is 30.5 Å². The second-order valence-corrected chi connectivity index (χ2v) is 5.03. The van der Waals surface area contributed by atoms with Crippen molar-refractivity contribution in [1.82, 2.24) is 9.97 Å². The van der Waals surface area contributed by atoms with Gasteiger partial charge >= 0.3 is 0 Å². The summed E-state index contributed by atoms with van der Waals surface area (Å²) in [7, 11) is 0. The molecule has 0 saturated heterocycles. The van der Waals surface area contributed by atoms with E-state index in [-0.39, 0.29) is 0 Å². The molecule has 0 fully saturated rings. The number of aromatic nitrogens is 2. The second-order valence-electron chi connectivity index (χ2n) is 5.03. The molecule has 2 rings (SSSR count). The number of nitrogens with two attached hydrogens (primary N) is 1. The maximum atomic E-state index is 5.65. The SMILES string of the molecule is Cc1ccc(N(CCCN)c2cnc(C)c(C)n2)cc1. The van der Waals surface area contributed by atoms with Gasteiger partial charge in [0.2, 0.25) is 0 Å². The predicted octanol–water partition coefficient (Wildman–Crippen LogP) is 2.89. The Hall–Kier alpha value is -1.94. The highest BCUT2D eigenvalue weighted by Crippen LogP contribution is 2.24. The summed E-state index contributed by atoms with van der Waals surface area (Å²) in [5.41, 5.74) is 9.96. The van der Waals surface area contributed by atoms with E-state index in [0.717, 1.165) is 35.9 Å². The molecule has 2 aromatic rings. The molecule has 0 aliphatic carbocycles. The van der Waals surface area contributed by atoms with Gasteiger partial charge in [-0.1, -0.05) is 17.7 Å². The molecule has 0 aliphatic rings. The summed E-state index contributed by atoms with van der Waals surface area (Å²) >= 11 is 0. The Morgan fingerprint density at radius 3 is 2.35 bits per heavy atom. The van der Waals surface area contributed by atoms with E-state index in [4.69, 9.17) is 5.73 Å². The summed E-state index contributed by atoms with van der Waals surface area (Å²) in [5, 5.41) is 0. The van der Waals surface area contributed by atoms with Gasteiger partial charge in [-0.15, -0.1) is 0 Å². The molecule has 0 aliphatic heterocycles. The number of nitrogens with zero attached hydrogens (tertiary/aromatic N) is 3. The lowest BCUT2D eigenvalue weighted by atomic mass is 10.2. The minimum Gasteiger partial charge on any atom is -0.330 e. The minimum atomic E-state index is 0.667. The van der Waals surface area contributed by atoms with E-state index in [1.165, 1.54) is 5.56 Å². The molecule has 1 aromatic carbocycles. The Bertz CT molecular complexity index is 563. The zero-order chi connectivity index (χ0) is 14.5. The maximum Gasteiger partial charge on any atom is 0.151 e. The quantitative estimate of drug-likeness (QED) is 0.907. The van der Waals surface area contributed by atoms with Crippen LogP contribution in [0.2, 0.25) is 0 Å². The molecule has 0 radical (unpaired) electrons. The van der Waals surface area contributed by atoms with Crippen LogP contribution in [-0.2, 0) is 0 Å². The zero-order valence-corrected chi connectivity index (χ0v) is 12.4. The standard InChI is InChI=1S/C16H22N4/c1-12-5-7-15(8-6-12)20(10-4-9-17)16-11-18-13(2)14(3)19-16/h5-8,11H,4,9-10,17H2,1-3H3. The highest BCUT2D eigenvalue weighted by atomic mass is 15.2. The normalized spacial score (nSPS) is 10.6. The van der Waals surface area contributed by atoms with Crippen molar-refractivity contribution in [3.8, 4) is 0 Å². The first-order valence-electron chi connectivity index (χ1n) is 6.96. The highest BCUT2D eigenvalue weighted by Gasteiger charge is 2.11. The lowest BCUT2D eigenvalue weighted by Gasteiger charge is -2.24. The van der Waals surface area contributed by atoms with E-state index < -0.39 is 0 Å². The Balaban J connectivity index is 2.35. The molecule has 20 heavy (non-hydrogen) atoms. The molecule has 4 heteroatoms. The molecule has 1 aromatic heterocycles. The molecule has 2 N–H and O–H groups in total. The fourth-order valence-corrected chi connectivity index (χ4v) is 2.01. The molecular weight excluding hydrogens is 248 g/mol. The molecule has 4 nitrogen and oxygen atoms in total. The largest absolute Gasteiger partial charge is 0.330 e. The summed E-state index contributed by atoms with van der Waals surface area (Å²) in [6.45, 7) is 7.56. The third-order valence-electron chi connectivity index (χ3n) is 3.39. The molecule has 0 bridgehead atoms. The number of anilines is 2. The van der Waals surface area contributed by atoms with Gasteiger partial charge in [-0.25, -0.2) is 4.98 Å². The van der Waals surface area contributed by atoms with Gasteiger partial charge in [-0.3, -0.25) is 4.98 Å². The van der Waals surface area contributed by atoms with Crippen molar-refractivity contribution in [2.75, 3.05) is 18.0 Å². The Morgan fingerprint density at radius 2 is 1.75 bits per heavy atom. The Morgan fingerprint density at radius 1 is 1.05 bits per heavy atom. The highest BCUT2D eigenvalue weighted by molar-refractivity contribution is 5.59. The number of hydrogen-bond acceptors (Lipinski definition) is 4. The van der Waals surface area contributed by atoms with Crippen molar-refractivity contribution >= 4 is 11.5 Å². The van der Waals surface area contributed by atoms with Gasteiger partial charge in [0, 0.05) is 12.2 Å². The summed E-state index contributed by atoms with van der Waals surface area (Å²) in [6, 6.07) is 8.45. The molecule has 0 unspecified atom stereocenters.